The van der Waals surface area contributed by atoms with Gasteiger partial charge in [0, 0.05) is 29.7 Å². The zero-order valence-corrected chi connectivity index (χ0v) is 13.5. The van der Waals surface area contributed by atoms with Crippen LogP contribution in [0.5, 0.6) is 0 Å². The fraction of sp³-hybridized carbons (Fsp3) is 0.533. The molecule has 0 bridgehead atoms. The summed E-state index contributed by atoms with van der Waals surface area (Å²) in [7, 11) is 2.14. The van der Waals surface area contributed by atoms with Crippen molar-refractivity contribution in [3.63, 3.8) is 0 Å². The molecule has 0 saturated heterocycles. The highest BCUT2D eigenvalue weighted by Crippen LogP contribution is 2.31. The zero-order valence-electron chi connectivity index (χ0n) is 12.7. The van der Waals surface area contributed by atoms with Crippen LogP contribution in [0.4, 0.5) is 0 Å². The summed E-state index contributed by atoms with van der Waals surface area (Å²) in [4.78, 5) is 8.00. The largest absolute Gasteiger partial charge is 0.331 e. The molecule has 110 valence electrons. The smallest absolute Gasteiger partial charge is 0.0951 e. The third kappa shape index (κ3) is 2.95. The van der Waals surface area contributed by atoms with Crippen molar-refractivity contribution in [3.8, 4) is 0 Å². The number of rotatable bonds is 6. The molecule has 2 rings (SSSR count). The van der Waals surface area contributed by atoms with Crippen molar-refractivity contribution in [1.29, 1.82) is 0 Å². The van der Waals surface area contributed by atoms with Crippen LogP contribution in [0.3, 0.4) is 0 Å². The maximum absolute atomic E-state index is 6.05. The summed E-state index contributed by atoms with van der Waals surface area (Å²) in [6.45, 7) is 7.15. The van der Waals surface area contributed by atoms with Crippen molar-refractivity contribution in [3.05, 3.63) is 40.6 Å². The van der Waals surface area contributed by atoms with Crippen molar-refractivity contribution in [2.24, 2.45) is 5.73 Å². The minimum atomic E-state index is 0.178. The molecule has 0 aromatic carbocycles. The number of hydrogen-bond donors (Lipinski definition) is 1. The normalized spacial score (nSPS) is 14.9. The van der Waals surface area contributed by atoms with E-state index in [1.807, 2.05) is 12.5 Å². The number of nitrogens with zero attached hydrogens (tertiary/aromatic N) is 3. The van der Waals surface area contributed by atoms with Crippen LogP contribution < -0.4 is 5.73 Å². The number of thiophene rings is 1. The molecule has 2 heterocycles. The first-order valence-electron chi connectivity index (χ1n) is 7.03. The quantitative estimate of drug-likeness (QED) is 0.889. The minimum Gasteiger partial charge on any atom is -0.331 e. The number of hydrogen-bond acceptors (Lipinski definition) is 4. The molecule has 4 nitrogen and oxygen atoms in total. The molecular formula is C15H24N4S. The van der Waals surface area contributed by atoms with Gasteiger partial charge in [-0.3, -0.25) is 4.90 Å². The van der Waals surface area contributed by atoms with Crippen LogP contribution in [0.2, 0.25) is 0 Å². The number of nitrogens with two attached hydrogens (primary N) is 1. The molecule has 0 spiro atoms. The molecule has 2 aromatic rings. The van der Waals surface area contributed by atoms with E-state index in [2.05, 4.69) is 59.8 Å². The predicted octanol–water partition coefficient (Wildman–Crippen LogP) is 3.22. The van der Waals surface area contributed by atoms with Gasteiger partial charge in [0.1, 0.15) is 0 Å². The van der Waals surface area contributed by atoms with Crippen LogP contribution >= 0.6 is 11.3 Å². The fourth-order valence-electron chi connectivity index (χ4n) is 2.50. The maximum Gasteiger partial charge on any atom is 0.0951 e. The van der Waals surface area contributed by atoms with Crippen LogP contribution in [0.25, 0.3) is 0 Å². The third-order valence-corrected chi connectivity index (χ3v) is 4.92. The highest BCUT2D eigenvalue weighted by atomic mass is 32.1. The Morgan fingerprint density at radius 2 is 2.15 bits per heavy atom. The Labute approximate surface area is 125 Å². The van der Waals surface area contributed by atoms with Crippen molar-refractivity contribution in [1.82, 2.24) is 14.5 Å². The molecule has 0 amide bonds. The lowest BCUT2D eigenvalue weighted by Crippen LogP contribution is -2.34. The molecule has 0 aliphatic rings. The molecule has 5 heteroatoms. The standard InChI is InChI=1S/C15H24N4S/c1-11(2)19-10-17-9-14(19)13(8-16)18(4)12(3)15-6-5-7-20-15/h5-7,9-13H,8,16H2,1-4H3. The Balaban J connectivity index is 2.25. The van der Waals surface area contributed by atoms with E-state index in [0.717, 1.165) is 0 Å². The van der Waals surface area contributed by atoms with Gasteiger partial charge < -0.3 is 10.3 Å². The number of aromatic nitrogens is 2. The first kappa shape index (κ1) is 15.2. The van der Waals surface area contributed by atoms with Crippen molar-refractivity contribution in [2.75, 3.05) is 13.6 Å². The maximum atomic E-state index is 6.05. The Morgan fingerprint density at radius 1 is 1.40 bits per heavy atom. The molecule has 2 atom stereocenters. The molecule has 2 unspecified atom stereocenters. The summed E-state index contributed by atoms with van der Waals surface area (Å²) in [5.74, 6) is 0. The summed E-state index contributed by atoms with van der Waals surface area (Å²) in [6, 6.07) is 5.20. The summed E-state index contributed by atoms with van der Waals surface area (Å²) >= 11 is 1.79. The molecule has 0 aliphatic carbocycles. The van der Waals surface area contributed by atoms with Gasteiger partial charge in [-0.05, 0) is 39.3 Å². The van der Waals surface area contributed by atoms with Gasteiger partial charge in [-0.1, -0.05) is 6.07 Å². The van der Waals surface area contributed by atoms with E-state index in [-0.39, 0.29) is 6.04 Å². The summed E-state index contributed by atoms with van der Waals surface area (Å²) in [5.41, 5.74) is 7.23. The van der Waals surface area contributed by atoms with Crippen molar-refractivity contribution in [2.45, 2.75) is 38.9 Å². The number of imidazole rings is 1. The Morgan fingerprint density at radius 3 is 2.70 bits per heavy atom. The van der Waals surface area contributed by atoms with Gasteiger partial charge in [0.2, 0.25) is 0 Å². The van der Waals surface area contributed by atoms with Crippen LogP contribution in [-0.4, -0.2) is 28.0 Å². The molecule has 0 saturated carbocycles. The Hall–Kier alpha value is -1.17. The van der Waals surface area contributed by atoms with Crippen LogP contribution in [-0.2, 0) is 0 Å². The van der Waals surface area contributed by atoms with E-state index in [1.165, 1.54) is 10.6 Å². The average molecular weight is 292 g/mol. The van der Waals surface area contributed by atoms with Crippen LogP contribution in [0.1, 0.15) is 49.5 Å². The molecule has 2 N–H and O–H groups in total. The monoisotopic (exact) mass is 292 g/mol. The van der Waals surface area contributed by atoms with E-state index in [0.29, 0.717) is 18.6 Å². The van der Waals surface area contributed by atoms with Gasteiger partial charge in [-0.15, -0.1) is 11.3 Å². The molecule has 20 heavy (non-hydrogen) atoms. The zero-order chi connectivity index (χ0) is 14.7. The van der Waals surface area contributed by atoms with Gasteiger partial charge in [0.05, 0.1) is 18.1 Å². The lowest BCUT2D eigenvalue weighted by molar-refractivity contribution is 0.184. The third-order valence-electron chi connectivity index (χ3n) is 3.87. The van der Waals surface area contributed by atoms with E-state index >= 15 is 0 Å². The van der Waals surface area contributed by atoms with E-state index in [1.54, 1.807) is 11.3 Å². The minimum absolute atomic E-state index is 0.178. The fourth-order valence-corrected chi connectivity index (χ4v) is 3.33. The Kier molecular flexibility index (Phi) is 4.96. The predicted molar refractivity (Wildman–Crippen MR) is 84.9 cm³/mol. The molecule has 2 aromatic heterocycles. The second-order valence-electron chi connectivity index (χ2n) is 5.43. The molecular weight excluding hydrogens is 268 g/mol. The highest BCUT2D eigenvalue weighted by Gasteiger charge is 2.25. The second-order valence-corrected chi connectivity index (χ2v) is 6.41. The molecule has 0 aliphatic heterocycles. The number of likely N-dealkylation sites (N-methyl/N-ethyl adjacent to an activating group) is 1. The SMILES string of the molecule is CC(c1cccs1)N(C)C(CN)c1cncn1C(C)C. The molecule has 0 fully saturated rings. The lowest BCUT2D eigenvalue weighted by Gasteiger charge is -2.33. The van der Waals surface area contributed by atoms with E-state index < -0.39 is 0 Å². The summed E-state index contributed by atoms with van der Waals surface area (Å²) in [6.07, 6.45) is 3.83. The van der Waals surface area contributed by atoms with Gasteiger partial charge in [0.25, 0.3) is 0 Å². The van der Waals surface area contributed by atoms with Crippen molar-refractivity contribution >= 4 is 11.3 Å². The average Bonchev–Trinajstić information content (AvgIpc) is 3.09. The summed E-state index contributed by atoms with van der Waals surface area (Å²) in [5, 5.41) is 2.12. The summed E-state index contributed by atoms with van der Waals surface area (Å²) < 4.78 is 2.20. The van der Waals surface area contributed by atoms with Gasteiger partial charge >= 0.3 is 0 Å². The van der Waals surface area contributed by atoms with Crippen LogP contribution in [0.15, 0.2) is 30.0 Å². The first-order valence-corrected chi connectivity index (χ1v) is 7.91. The van der Waals surface area contributed by atoms with E-state index in [4.69, 9.17) is 5.73 Å². The van der Waals surface area contributed by atoms with Crippen molar-refractivity contribution < 1.29 is 0 Å². The van der Waals surface area contributed by atoms with Gasteiger partial charge in [-0.2, -0.15) is 0 Å². The van der Waals surface area contributed by atoms with E-state index in [9.17, 15) is 0 Å². The van der Waals surface area contributed by atoms with Crippen LogP contribution in [0, 0.1) is 0 Å². The highest BCUT2D eigenvalue weighted by molar-refractivity contribution is 7.10. The Bertz CT molecular complexity index is 518. The van der Waals surface area contributed by atoms with Gasteiger partial charge in [-0.25, -0.2) is 4.98 Å². The molecule has 0 radical (unpaired) electrons. The van der Waals surface area contributed by atoms with Gasteiger partial charge in [0.15, 0.2) is 0 Å². The first-order chi connectivity index (χ1) is 9.56. The second kappa shape index (κ2) is 6.52. The lowest BCUT2D eigenvalue weighted by atomic mass is 10.1. The topological polar surface area (TPSA) is 47.1 Å².